The Hall–Kier alpha value is -0.420. The van der Waals surface area contributed by atoms with E-state index >= 15 is 0 Å². The fraction of sp³-hybridized carbons (Fsp3) is 0.900. The van der Waals surface area contributed by atoms with Gasteiger partial charge in [-0.3, -0.25) is 0 Å². The lowest BCUT2D eigenvalue weighted by Gasteiger charge is -2.64. The summed E-state index contributed by atoms with van der Waals surface area (Å²) in [5.74, 6) is 0.400. The van der Waals surface area contributed by atoms with Gasteiger partial charge in [0, 0.05) is 17.8 Å². The van der Waals surface area contributed by atoms with Crippen molar-refractivity contribution in [3.8, 4) is 0 Å². The first kappa shape index (κ1) is 18.4. The molecule has 3 fully saturated rings. The molecule has 1 aliphatic heterocycles. The molecule has 0 radical (unpaired) electrons. The van der Waals surface area contributed by atoms with E-state index in [0.29, 0.717) is 12.3 Å². The zero-order valence-electron chi connectivity index (χ0n) is 15.6. The third-order valence-corrected chi connectivity index (χ3v) is 7.68. The van der Waals surface area contributed by atoms with Crippen LogP contribution in [0.3, 0.4) is 0 Å². The maximum absolute atomic E-state index is 11.1. The van der Waals surface area contributed by atoms with E-state index in [0.717, 1.165) is 31.3 Å². The van der Waals surface area contributed by atoms with Crippen molar-refractivity contribution < 1.29 is 20.1 Å². The minimum absolute atomic E-state index is 0.0403. The highest BCUT2D eigenvalue weighted by atomic mass is 16.5. The fourth-order valence-electron chi connectivity index (χ4n) is 6.05. The number of hydrogen-bond acceptors (Lipinski definition) is 4. The molecule has 24 heavy (non-hydrogen) atoms. The highest BCUT2D eigenvalue weighted by Gasteiger charge is 2.63. The van der Waals surface area contributed by atoms with Gasteiger partial charge in [0.15, 0.2) is 0 Å². The molecule has 3 aliphatic rings. The summed E-state index contributed by atoms with van der Waals surface area (Å²) in [7, 11) is 0. The lowest BCUT2D eigenvalue weighted by Crippen LogP contribution is -2.66. The molecule has 2 aliphatic carbocycles. The van der Waals surface area contributed by atoms with E-state index < -0.39 is 11.7 Å². The number of fused-ring (bicyclic) bond motifs is 3. The topological polar surface area (TPSA) is 69.9 Å². The summed E-state index contributed by atoms with van der Waals surface area (Å²) in [5.41, 5.74) is -0.166. The summed E-state index contributed by atoms with van der Waals surface area (Å²) in [6.45, 7) is 12.3. The van der Waals surface area contributed by atoms with Crippen molar-refractivity contribution in [1.82, 2.24) is 0 Å². The molecule has 0 aromatic carbocycles. The fourth-order valence-corrected chi connectivity index (χ4v) is 6.05. The Bertz CT molecular complexity index is 510. The van der Waals surface area contributed by atoms with Gasteiger partial charge in [0.2, 0.25) is 0 Å². The Morgan fingerprint density at radius 2 is 1.96 bits per heavy atom. The maximum atomic E-state index is 11.1. The van der Waals surface area contributed by atoms with E-state index in [-0.39, 0.29) is 35.6 Å². The molecule has 7 atom stereocenters. The summed E-state index contributed by atoms with van der Waals surface area (Å²) in [6, 6.07) is 0. The van der Waals surface area contributed by atoms with Crippen LogP contribution in [0, 0.1) is 22.7 Å². The van der Waals surface area contributed by atoms with Crippen LogP contribution in [-0.2, 0) is 4.74 Å². The number of aliphatic hydroxyl groups excluding tert-OH is 2. The van der Waals surface area contributed by atoms with Gasteiger partial charge >= 0.3 is 0 Å². The van der Waals surface area contributed by atoms with Gasteiger partial charge in [-0.1, -0.05) is 26.0 Å². The first-order valence-electron chi connectivity index (χ1n) is 9.39. The van der Waals surface area contributed by atoms with Gasteiger partial charge in [0.1, 0.15) is 0 Å². The molecule has 0 aromatic heterocycles. The zero-order chi connectivity index (χ0) is 17.9. The Morgan fingerprint density at radius 1 is 1.29 bits per heavy atom. The lowest BCUT2D eigenvalue weighted by atomic mass is 9.44. The predicted molar refractivity (Wildman–Crippen MR) is 93.5 cm³/mol. The van der Waals surface area contributed by atoms with Crippen molar-refractivity contribution in [2.24, 2.45) is 22.7 Å². The summed E-state index contributed by atoms with van der Waals surface area (Å²) in [4.78, 5) is 0. The molecule has 3 N–H and O–H groups in total. The largest absolute Gasteiger partial charge is 0.396 e. The van der Waals surface area contributed by atoms with Gasteiger partial charge in [-0.25, -0.2) is 0 Å². The van der Waals surface area contributed by atoms with Crippen molar-refractivity contribution in [3.05, 3.63) is 12.2 Å². The van der Waals surface area contributed by atoms with Gasteiger partial charge in [0.25, 0.3) is 0 Å². The average molecular weight is 338 g/mol. The van der Waals surface area contributed by atoms with Crippen molar-refractivity contribution in [2.45, 2.75) is 83.7 Å². The standard InChI is InChI=1S/C20H34O4/c1-12-6-7-14-19(4,13(12)11-21)9-8-16-20(14,5)15(22)10-17(24-16)18(2,3)23/h13-17,21-23H,1,6-11H2,2-5H3/t13-,14+,15+,16-,17-,19+,20+/m0/s1. The van der Waals surface area contributed by atoms with E-state index in [9.17, 15) is 15.3 Å². The van der Waals surface area contributed by atoms with Crippen molar-refractivity contribution in [1.29, 1.82) is 0 Å². The minimum Gasteiger partial charge on any atom is -0.396 e. The predicted octanol–water partition coefficient (Wildman–Crippen LogP) is 2.66. The van der Waals surface area contributed by atoms with Crippen LogP contribution < -0.4 is 0 Å². The van der Waals surface area contributed by atoms with Gasteiger partial charge in [0.05, 0.1) is 30.5 Å². The van der Waals surface area contributed by atoms with E-state index in [1.54, 1.807) is 13.8 Å². The highest BCUT2D eigenvalue weighted by molar-refractivity contribution is 5.19. The summed E-state index contributed by atoms with van der Waals surface area (Å²) in [6.07, 6.45) is 3.33. The van der Waals surface area contributed by atoms with E-state index in [4.69, 9.17) is 4.74 Å². The van der Waals surface area contributed by atoms with Crippen LogP contribution in [-0.4, -0.2) is 45.8 Å². The summed E-state index contributed by atoms with van der Waals surface area (Å²) < 4.78 is 6.32. The number of ether oxygens (including phenoxy) is 1. The van der Waals surface area contributed by atoms with Gasteiger partial charge < -0.3 is 20.1 Å². The molecule has 1 heterocycles. The molecule has 0 bridgehead atoms. The van der Waals surface area contributed by atoms with E-state index in [1.165, 1.54) is 0 Å². The quantitative estimate of drug-likeness (QED) is 0.677. The number of aliphatic hydroxyl groups is 3. The summed E-state index contributed by atoms with van der Waals surface area (Å²) >= 11 is 0. The third-order valence-electron chi connectivity index (χ3n) is 7.68. The first-order valence-corrected chi connectivity index (χ1v) is 9.39. The van der Waals surface area contributed by atoms with Crippen molar-refractivity contribution in [2.75, 3.05) is 6.61 Å². The molecule has 0 amide bonds. The second kappa shape index (κ2) is 5.80. The van der Waals surface area contributed by atoms with Crippen molar-refractivity contribution in [3.63, 3.8) is 0 Å². The molecule has 3 rings (SSSR count). The molecule has 0 unspecified atom stereocenters. The molecule has 138 valence electrons. The molecule has 0 aromatic rings. The van der Waals surface area contributed by atoms with Crippen LogP contribution in [0.25, 0.3) is 0 Å². The maximum Gasteiger partial charge on any atom is 0.0885 e. The molecule has 2 saturated carbocycles. The van der Waals surface area contributed by atoms with E-state index in [2.05, 4.69) is 20.4 Å². The Balaban J connectivity index is 1.94. The minimum atomic E-state index is -0.947. The van der Waals surface area contributed by atoms with Crippen LogP contribution in [0.2, 0.25) is 0 Å². The average Bonchev–Trinajstić information content (AvgIpc) is 2.47. The Labute approximate surface area is 145 Å². The molecule has 0 spiro atoms. The molecule has 4 nitrogen and oxygen atoms in total. The number of rotatable bonds is 2. The van der Waals surface area contributed by atoms with Crippen LogP contribution in [0.4, 0.5) is 0 Å². The van der Waals surface area contributed by atoms with Crippen LogP contribution in [0.1, 0.15) is 59.8 Å². The van der Waals surface area contributed by atoms with Crippen LogP contribution in [0.15, 0.2) is 12.2 Å². The molecule has 4 heteroatoms. The number of hydrogen-bond donors (Lipinski definition) is 3. The van der Waals surface area contributed by atoms with E-state index in [1.807, 2.05) is 0 Å². The second-order valence-electron chi connectivity index (χ2n) is 9.41. The molecular weight excluding hydrogens is 304 g/mol. The lowest BCUT2D eigenvalue weighted by molar-refractivity contribution is -0.273. The molecular formula is C20H34O4. The van der Waals surface area contributed by atoms with Crippen LogP contribution in [0.5, 0.6) is 0 Å². The first-order chi connectivity index (χ1) is 11.0. The van der Waals surface area contributed by atoms with Crippen molar-refractivity contribution >= 4 is 0 Å². The monoisotopic (exact) mass is 338 g/mol. The molecule has 1 saturated heterocycles. The third kappa shape index (κ3) is 2.49. The highest BCUT2D eigenvalue weighted by Crippen LogP contribution is 2.64. The van der Waals surface area contributed by atoms with Gasteiger partial charge in [-0.2, -0.15) is 0 Å². The second-order valence-corrected chi connectivity index (χ2v) is 9.41. The summed E-state index contributed by atoms with van der Waals surface area (Å²) in [5, 5.41) is 31.4. The Kier molecular flexibility index (Phi) is 4.44. The Morgan fingerprint density at radius 3 is 2.54 bits per heavy atom. The normalized spacial score (nSPS) is 49.5. The van der Waals surface area contributed by atoms with Gasteiger partial charge in [-0.05, 0) is 50.9 Å². The smallest absolute Gasteiger partial charge is 0.0885 e. The van der Waals surface area contributed by atoms with Gasteiger partial charge in [-0.15, -0.1) is 0 Å². The van der Waals surface area contributed by atoms with Crippen LogP contribution >= 0.6 is 0 Å². The zero-order valence-corrected chi connectivity index (χ0v) is 15.6. The SMILES string of the molecule is C=C1CC[C@@H]2[C@](C)(CC[C@@H]3O[C@H](C(C)(C)O)C[C@@H](O)[C@]32C)[C@H]1CO.